The van der Waals surface area contributed by atoms with Gasteiger partial charge in [0.25, 0.3) is 0 Å². The summed E-state index contributed by atoms with van der Waals surface area (Å²) >= 11 is 0. The summed E-state index contributed by atoms with van der Waals surface area (Å²) in [6.07, 6.45) is 6.03. The normalized spacial score (nSPS) is 20.1. The number of carbonyl (C=O) groups is 2. The van der Waals surface area contributed by atoms with E-state index in [1.54, 1.807) is 0 Å². The van der Waals surface area contributed by atoms with Crippen molar-refractivity contribution >= 4 is 11.9 Å². The number of amides is 3. The number of nitrogens with one attached hydrogen (secondary N) is 2. The Hall–Kier alpha value is -2.90. The molecule has 2 aliphatic rings. The molecule has 1 aromatic carbocycles. The Labute approximate surface area is 170 Å². The summed E-state index contributed by atoms with van der Waals surface area (Å²) in [4.78, 5) is 30.6. The molecule has 2 fully saturated rings. The topological polar surface area (TPSA) is 100 Å². The molecule has 1 unspecified atom stereocenters. The van der Waals surface area contributed by atoms with Crippen LogP contribution in [0.1, 0.15) is 61.7 Å². The van der Waals surface area contributed by atoms with E-state index in [1.165, 1.54) is 19.3 Å². The van der Waals surface area contributed by atoms with Gasteiger partial charge >= 0.3 is 6.03 Å². The average Bonchev–Trinajstić information content (AvgIpc) is 3.35. The van der Waals surface area contributed by atoms with Gasteiger partial charge in [-0.2, -0.15) is 4.98 Å². The van der Waals surface area contributed by atoms with E-state index in [0.29, 0.717) is 31.2 Å². The summed E-state index contributed by atoms with van der Waals surface area (Å²) in [6, 6.07) is 9.96. The molecule has 1 atom stereocenters. The van der Waals surface area contributed by atoms with Crippen LogP contribution in [0.5, 0.6) is 0 Å². The first-order valence-corrected chi connectivity index (χ1v) is 10.4. The molecule has 2 heterocycles. The summed E-state index contributed by atoms with van der Waals surface area (Å²) in [5, 5.41) is 9.80. The number of benzene rings is 1. The molecule has 1 saturated heterocycles. The smallest absolute Gasteiger partial charge is 0.315 e. The number of hydrogen-bond acceptors (Lipinski definition) is 5. The van der Waals surface area contributed by atoms with Gasteiger partial charge in [0.05, 0.1) is 6.54 Å². The first-order chi connectivity index (χ1) is 14.2. The summed E-state index contributed by atoms with van der Waals surface area (Å²) < 4.78 is 5.27. The van der Waals surface area contributed by atoms with Gasteiger partial charge in [-0.1, -0.05) is 54.8 Å². The molecule has 4 rings (SSSR count). The zero-order valence-electron chi connectivity index (χ0n) is 16.5. The highest BCUT2D eigenvalue weighted by Gasteiger charge is 2.33. The number of rotatable bonds is 6. The molecule has 8 nitrogen and oxygen atoms in total. The maximum atomic E-state index is 12.3. The zero-order valence-corrected chi connectivity index (χ0v) is 16.5. The van der Waals surface area contributed by atoms with E-state index in [9.17, 15) is 9.59 Å². The van der Waals surface area contributed by atoms with E-state index in [2.05, 4.69) is 20.8 Å². The lowest BCUT2D eigenvalue weighted by molar-refractivity contribution is -0.128. The van der Waals surface area contributed by atoms with Crippen molar-refractivity contribution in [1.82, 2.24) is 25.7 Å². The lowest BCUT2D eigenvalue weighted by Gasteiger charge is -2.22. The van der Waals surface area contributed by atoms with Gasteiger partial charge in [0.15, 0.2) is 5.82 Å². The summed E-state index contributed by atoms with van der Waals surface area (Å²) in [6.45, 7) is 1.34. The fourth-order valence-corrected chi connectivity index (χ4v) is 4.05. The van der Waals surface area contributed by atoms with Crippen molar-refractivity contribution in [3.8, 4) is 0 Å². The summed E-state index contributed by atoms with van der Waals surface area (Å²) in [5.74, 6) is 0.890. The lowest BCUT2D eigenvalue weighted by Crippen LogP contribution is -2.42. The Morgan fingerprint density at radius 1 is 1.17 bits per heavy atom. The molecule has 0 radical (unpaired) electrons. The van der Waals surface area contributed by atoms with Crippen molar-refractivity contribution in [2.45, 2.75) is 63.6 Å². The molecule has 2 N–H and O–H groups in total. The van der Waals surface area contributed by atoms with E-state index in [-0.39, 0.29) is 30.4 Å². The van der Waals surface area contributed by atoms with Gasteiger partial charge in [0, 0.05) is 31.5 Å². The molecule has 1 aromatic heterocycles. The van der Waals surface area contributed by atoms with Crippen LogP contribution < -0.4 is 10.6 Å². The van der Waals surface area contributed by atoms with Crippen molar-refractivity contribution in [2.24, 2.45) is 0 Å². The maximum absolute atomic E-state index is 12.3. The molecule has 1 saturated carbocycles. The number of carbonyl (C=O) groups excluding carboxylic acids is 2. The minimum absolute atomic E-state index is 0.0835. The average molecular weight is 397 g/mol. The largest absolute Gasteiger partial charge is 0.338 e. The van der Waals surface area contributed by atoms with Gasteiger partial charge in [-0.25, -0.2) is 4.79 Å². The van der Waals surface area contributed by atoms with Crippen molar-refractivity contribution in [1.29, 1.82) is 0 Å². The molecule has 2 aromatic rings. The molecular weight excluding hydrogens is 370 g/mol. The van der Waals surface area contributed by atoms with Crippen LogP contribution in [-0.2, 0) is 17.9 Å². The third kappa shape index (κ3) is 5.13. The molecule has 29 heavy (non-hydrogen) atoms. The van der Waals surface area contributed by atoms with Gasteiger partial charge < -0.3 is 20.1 Å². The highest BCUT2D eigenvalue weighted by Crippen LogP contribution is 2.27. The number of urea groups is 1. The number of aromatic nitrogens is 2. The van der Waals surface area contributed by atoms with Crippen molar-refractivity contribution in [3.05, 3.63) is 47.6 Å². The SMILES string of the molecule is O=C(NCc1nc(C2CC(=O)N(Cc3ccccc3)C2)no1)NC1CCCCC1. The quantitative estimate of drug-likeness (QED) is 0.781. The molecule has 8 heteroatoms. The predicted molar refractivity (Wildman–Crippen MR) is 106 cm³/mol. The summed E-state index contributed by atoms with van der Waals surface area (Å²) in [7, 11) is 0. The van der Waals surface area contributed by atoms with E-state index >= 15 is 0 Å². The number of likely N-dealkylation sites (tertiary alicyclic amines) is 1. The van der Waals surface area contributed by atoms with Gasteiger partial charge in [-0.15, -0.1) is 0 Å². The third-order valence-corrected chi connectivity index (χ3v) is 5.62. The van der Waals surface area contributed by atoms with Crippen LogP contribution in [-0.4, -0.2) is 39.6 Å². The highest BCUT2D eigenvalue weighted by molar-refractivity contribution is 5.79. The molecule has 0 bridgehead atoms. The van der Waals surface area contributed by atoms with Crippen LogP contribution in [0.15, 0.2) is 34.9 Å². The Kier molecular flexibility index (Phi) is 6.07. The fraction of sp³-hybridized carbons (Fsp3) is 0.524. The Morgan fingerprint density at radius 3 is 2.76 bits per heavy atom. The van der Waals surface area contributed by atoms with E-state index in [0.717, 1.165) is 18.4 Å². The van der Waals surface area contributed by atoms with Crippen LogP contribution >= 0.6 is 0 Å². The maximum Gasteiger partial charge on any atom is 0.315 e. The van der Waals surface area contributed by atoms with Gasteiger partial charge in [0.1, 0.15) is 0 Å². The van der Waals surface area contributed by atoms with E-state index < -0.39 is 0 Å². The monoisotopic (exact) mass is 397 g/mol. The third-order valence-electron chi connectivity index (χ3n) is 5.62. The van der Waals surface area contributed by atoms with Crippen LogP contribution in [0.2, 0.25) is 0 Å². The standard InChI is InChI=1S/C21H27N5O3/c27-19-11-16(14-26(19)13-15-7-3-1-4-8-15)20-24-18(29-25-20)12-22-21(28)23-17-9-5-2-6-10-17/h1,3-4,7-8,16-17H,2,5-6,9-14H2,(H2,22,23,28). The second-order valence-electron chi connectivity index (χ2n) is 7.87. The number of hydrogen-bond donors (Lipinski definition) is 2. The highest BCUT2D eigenvalue weighted by atomic mass is 16.5. The van der Waals surface area contributed by atoms with Gasteiger partial charge in [-0.3, -0.25) is 4.79 Å². The van der Waals surface area contributed by atoms with Crippen LogP contribution in [0.4, 0.5) is 4.79 Å². The number of nitrogens with zero attached hydrogens (tertiary/aromatic N) is 3. The van der Waals surface area contributed by atoms with Gasteiger partial charge in [-0.05, 0) is 18.4 Å². The van der Waals surface area contributed by atoms with Gasteiger partial charge in [0.2, 0.25) is 11.8 Å². The van der Waals surface area contributed by atoms with Crippen LogP contribution in [0.3, 0.4) is 0 Å². The van der Waals surface area contributed by atoms with Crippen LogP contribution in [0.25, 0.3) is 0 Å². The molecule has 3 amide bonds. The van der Waals surface area contributed by atoms with Crippen LogP contribution in [0, 0.1) is 0 Å². The minimum Gasteiger partial charge on any atom is -0.338 e. The van der Waals surface area contributed by atoms with Crippen molar-refractivity contribution in [3.63, 3.8) is 0 Å². The summed E-state index contributed by atoms with van der Waals surface area (Å²) in [5.41, 5.74) is 1.10. The second-order valence-corrected chi connectivity index (χ2v) is 7.87. The molecule has 1 aliphatic heterocycles. The molecule has 0 spiro atoms. The minimum atomic E-state index is -0.207. The van der Waals surface area contributed by atoms with Crippen molar-refractivity contribution < 1.29 is 14.1 Å². The van der Waals surface area contributed by atoms with E-state index in [4.69, 9.17) is 4.52 Å². The molecule has 1 aliphatic carbocycles. The molecule has 154 valence electrons. The Morgan fingerprint density at radius 2 is 1.97 bits per heavy atom. The second kappa shape index (κ2) is 9.07. The fourth-order valence-electron chi connectivity index (χ4n) is 4.05. The Balaban J connectivity index is 1.26. The predicted octanol–water partition coefficient (Wildman–Crippen LogP) is 2.72. The van der Waals surface area contributed by atoms with E-state index in [1.807, 2.05) is 35.2 Å². The zero-order chi connectivity index (χ0) is 20.1. The Bertz CT molecular complexity index is 832. The molecular formula is C21H27N5O3. The first kappa shape index (κ1) is 19.4. The first-order valence-electron chi connectivity index (χ1n) is 10.4. The van der Waals surface area contributed by atoms with Crippen molar-refractivity contribution in [2.75, 3.05) is 6.54 Å². The lowest BCUT2D eigenvalue weighted by atomic mass is 9.96.